The molecule has 0 unspecified atom stereocenters. The molecule has 0 saturated carbocycles. The van der Waals surface area contributed by atoms with Crippen LogP contribution in [0.1, 0.15) is 42.7 Å². The highest BCUT2D eigenvalue weighted by Gasteiger charge is 2.11. The van der Waals surface area contributed by atoms with Crippen molar-refractivity contribution in [3.63, 3.8) is 0 Å². The smallest absolute Gasteiger partial charge is 0.303 e. The first-order valence-electron chi connectivity index (χ1n) is 7.96. The number of carbonyl (C=O) groups excluding carboxylic acids is 1. The lowest BCUT2D eigenvalue weighted by molar-refractivity contribution is -0.136. The van der Waals surface area contributed by atoms with E-state index in [-0.39, 0.29) is 18.0 Å². The minimum Gasteiger partial charge on any atom is -0.481 e. The van der Waals surface area contributed by atoms with Gasteiger partial charge in [0, 0.05) is 18.7 Å². The number of aryl methyl sites for hydroxylation is 2. The Morgan fingerprint density at radius 2 is 2.12 bits per heavy atom. The molecule has 2 N–H and O–H groups in total. The topological polar surface area (TPSA) is 97.1 Å². The maximum atomic E-state index is 12.2. The number of aromatic nitrogens is 3. The third-order valence-electron chi connectivity index (χ3n) is 3.52. The largest absolute Gasteiger partial charge is 0.481 e. The van der Waals surface area contributed by atoms with Crippen LogP contribution in [-0.4, -0.2) is 32.0 Å². The quantitative estimate of drug-likeness (QED) is 0.775. The number of anilines is 1. The summed E-state index contributed by atoms with van der Waals surface area (Å²) in [4.78, 5) is 22.9. The predicted octanol–water partition coefficient (Wildman–Crippen LogP) is 2.59. The van der Waals surface area contributed by atoms with Gasteiger partial charge in [-0.2, -0.15) is 0 Å². The number of aliphatic carboxylic acids is 1. The molecule has 0 aliphatic carbocycles. The number of carboxylic acids is 1. The summed E-state index contributed by atoms with van der Waals surface area (Å²) in [7, 11) is 0. The minimum absolute atomic E-state index is 0.0571. The van der Waals surface area contributed by atoms with Gasteiger partial charge in [0.25, 0.3) is 5.91 Å². The zero-order chi connectivity index (χ0) is 17.5. The molecule has 2 aromatic rings. The van der Waals surface area contributed by atoms with Gasteiger partial charge in [0.15, 0.2) is 5.69 Å². The normalized spacial score (nSPS) is 10.8. The minimum atomic E-state index is -0.845. The number of carboxylic acid groups (broad SMARTS) is 1. The summed E-state index contributed by atoms with van der Waals surface area (Å²) < 4.78 is 1.66. The summed E-state index contributed by atoms with van der Waals surface area (Å²) >= 11 is 0. The van der Waals surface area contributed by atoms with E-state index in [0.717, 1.165) is 18.5 Å². The summed E-state index contributed by atoms with van der Waals surface area (Å²) in [5.41, 5.74) is 1.73. The molecule has 2 rings (SSSR count). The van der Waals surface area contributed by atoms with E-state index in [1.165, 1.54) is 0 Å². The molecule has 0 aliphatic heterocycles. The first-order valence-corrected chi connectivity index (χ1v) is 7.96. The third kappa shape index (κ3) is 5.49. The van der Waals surface area contributed by atoms with Gasteiger partial charge in [-0.3, -0.25) is 14.3 Å². The van der Waals surface area contributed by atoms with E-state index in [1.807, 2.05) is 6.07 Å². The van der Waals surface area contributed by atoms with Gasteiger partial charge < -0.3 is 10.4 Å². The Labute approximate surface area is 140 Å². The van der Waals surface area contributed by atoms with Crippen LogP contribution in [0.2, 0.25) is 0 Å². The number of amides is 1. The van der Waals surface area contributed by atoms with Crippen LogP contribution in [0.15, 0.2) is 30.5 Å². The second kappa shape index (κ2) is 8.24. The van der Waals surface area contributed by atoms with Crippen LogP contribution in [0.4, 0.5) is 5.69 Å². The Bertz CT molecular complexity index is 709. The Kier molecular flexibility index (Phi) is 6.06. The fraction of sp³-hybridized carbons (Fsp3) is 0.412. The summed E-state index contributed by atoms with van der Waals surface area (Å²) in [6.45, 7) is 4.98. The molecule has 1 amide bonds. The molecule has 0 fully saturated rings. The van der Waals surface area contributed by atoms with Crippen molar-refractivity contribution in [3.05, 3.63) is 41.7 Å². The molecule has 24 heavy (non-hydrogen) atoms. The maximum Gasteiger partial charge on any atom is 0.303 e. The molecule has 1 aromatic heterocycles. The van der Waals surface area contributed by atoms with Gasteiger partial charge in [-0.15, -0.1) is 5.10 Å². The molecule has 0 aliphatic rings. The van der Waals surface area contributed by atoms with Gasteiger partial charge in [0.05, 0.1) is 6.20 Å². The van der Waals surface area contributed by atoms with Gasteiger partial charge in [-0.1, -0.05) is 31.2 Å². The molecule has 0 spiro atoms. The molecule has 128 valence electrons. The molecule has 1 aromatic carbocycles. The number of benzene rings is 1. The number of nitrogens with zero attached hydrogens (tertiary/aromatic N) is 3. The fourth-order valence-corrected chi connectivity index (χ4v) is 2.15. The predicted molar refractivity (Wildman–Crippen MR) is 89.8 cm³/mol. The lowest BCUT2D eigenvalue weighted by Crippen LogP contribution is -2.12. The van der Waals surface area contributed by atoms with Crippen LogP contribution in [-0.2, 0) is 17.8 Å². The zero-order valence-corrected chi connectivity index (χ0v) is 13.9. The van der Waals surface area contributed by atoms with Crippen molar-refractivity contribution in [2.75, 3.05) is 5.32 Å². The van der Waals surface area contributed by atoms with E-state index >= 15 is 0 Å². The third-order valence-corrected chi connectivity index (χ3v) is 3.52. The molecule has 7 heteroatoms. The number of hydrogen-bond acceptors (Lipinski definition) is 4. The van der Waals surface area contributed by atoms with Crippen LogP contribution in [0.5, 0.6) is 0 Å². The number of hydrogen-bond donors (Lipinski definition) is 2. The van der Waals surface area contributed by atoms with Crippen LogP contribution in [0.25, 0.3) is 0 Å². The summed E-state index contributed by atoms with van der Waals surface area (Å²) in [5, 5.41) is 19.3. The standard InChI is InChI=1S/C17H22N4O3/c1-12(2)8-9-21-11-15(19-20-21)17(24)18-14-5-3-4-13(10-14)6-7-16(22)23/h3-5,10-12H,6-9H2,1-2H3,(H,18,24)(H,22,23). The fourth-order valence-electron chi connectivity index (χ4n) is 2.15. The van der Waals surface area contributed by atoms with Crippen molar-refractivity contribution in [2.24, 2.45) is 5.92 Å². The molecule has 1 heterocycles. The Balaban J connectivity index is 1.96. The van der Waals surface area contributed by atoms with Gasteiger partial charge in [0.1, 0.15) is 0 Å². The van der Waals surface area contributed by atoms with Crippen molar-refractivity contribution in [2.45, 2.75) is 39.7 Å². The van der Waals surface area contributed by atoms with E-state index in [2.05, 4.69) is 29.5 Å². The monoisotopic (exact) mass is 330 g/mol. The van der Waals surface area contributed by atoms with Crippen molar-refractivity contribution in [1.29, 1.82) is 0 Å². The van der Waals surface area contributed by atoms with Crippen molar-refractivity contribution in [3.8, 4) is 0 Å². The van der Waals surface area contributed by atoms with Crippen molar-refractivity contribution >= 4 is 17.6 Å². The molecule has 0 atom stereocenters. The molecule has 0 bridgehead atoms. The molecular formula is C17H22N4O3. The maximum absolute atomic E-state index is 12.2. The van der Waals surface area contributed by atoms with Gasteiger partial charge in [-0.05, 0) is 36.5 Å². The summed E-state index contributed by atoms with van der Waals surface area (Å²) in [5.74, 6) is -0.622. The molecule has 0 saturated heterocycles. The first kappa shape index (κ1) is 17.7. The van der Waals surface area contributed by atoms with Crippen molar-refractivity contribution in [1.82, 2.24) is 15.0 Å². The highest BCUT2D eigenvalue weighted by atomic mass is 16.4. The molecule has 0 radical (unpaired) electrons. The SMILES string of the molecule is CC(C)CCn1cc(C(=O)Nc2cccc(CCC(=O)O)c2)nn1. The van der Waals surface area contributed by atoms with Crippen LogP contribution in [0.3, 0.4) is 0 Å². The van der Waals surface area contributed by atoms with E-state index in [9.17, 15) is 9.59 Å². The lowest BCUT2D eigenvalue weighted by Gasteiger charge is -2.05. The second-order valence-corrected chi connectivity index (χ2v) is 6.10. The Hall–Kier alpha value is -2.70. The molecular weight excluding hydrogens is 308 g/mol. The van der Waals surface area contributed by atoms with Crippen LogP contribution in [0, 0.1) is 5.92 Å². The lowest BCUT2D eigenvalue weighted by atomic mass is 10.1. The van der Waals surface area contributed by atoms with Gasteiger partial charge >= 0.3 is 5.97 Å². The van der Waals surface area contributed by atoms with Gasteiger partial charge in [0.2, 0.25) is 0 Å². The van der Waals surface area contributed by atoms with Crippen LogP contribution >= 0.6 is 0 Å². The molecule has 7 nitrogen and oxygen atoms in total. The number of rotatable bonds is 8. The average molecular weight is 330 g/mol. The highest BCUT2D eigenvalue weighted by Crippen LogP contribution is 2.13. The second-order valence-electron chi connectivity index (χ2n) is 6.10. The van der Waals surface area contributed by atoms with E-state index in [4.69, 9.17) is 5.11 Å². The van der Waals surface area contributed by atoms with E-state index in [1.54, 1.807) is 29.1 Å². The van der Waals surface area contributed by atoms with Crippen LogP contribution < -0.4 is 5.32 Å². The highest BCUT2D eigenvalue weighted by molar-refractivity contribution is 6.02. The van der Waals surface area contributed by atoms with Crippen molar-refractivity contribution < 1.29 is 14.7 Å². The summed E-state index contributed by atoms with van der Waals surface area (Å²) in [6.07, 6.45) is 3.08. The Morgan fingerprint density at radius 3 is 2.83 bits per heavy atom. The average Bonchev–Trinajstić information content (AvgIpc) is 3.00. The summed E-state index contributed by atoms with van der Waals surface area (Å²) in [6, 6.07) is 7.14. The Morgan fingerprint density at radius 1 is 1.33 bits per heavy atom. The van der Waals surface area contributed by atoms with Gasteiger partial charge in [-0.25, -0.2) is 0 Å². The van der Waals surface area contributed by atoms with E-state index < -0.39 is 5.97 Å². The van der Waals surface area contributed by atoms with E-state index in [0.29, 0.717) is 18.0 Å². The number of carbonyl (C=O) groups is 2. The zero-order valence-electron chi connectivity index (χ0n) is 13.9. The number of nitrogens with one attached hydrogen (secondary N) is 1. The first-order chi connectivity index (χ1) is 11.4.